The lowest BCUT2D eigenvalue weighted by Gasteiger charge is -2.33. The first kappa shape index (κ1) is 17.3. The Hall–Kier alpha value is -3.31. The van der Waals surface area contributed by atoms with E-state index in [0.717, 1.165) is 45.8 Å². The van der Waals surface area contributed by atoms with Gasteiger partial charge in [-0.3, -0.25) is 4.79 Å². The third-order valence-electron chi connectivity index (χ3n) is 8.36. The fourth-order valence-corrected chi connectivity index (χ4v) is 7.06. The van der Waals surface area contributed by atoms with Gasteiger partial charge >= 0.3 is 0 Å². The molecule has 8 rings (SSSR count). The van der Waals surface area contributed by atoms with Gasteiger partial charge in [0.1, 0.15) is 12.0 Å². The first-order valence-corrected chi connectivity index (χ1v) is 11.6. The van der Waals surface area contributed by atoms with Gasteiger partial charge in [0.05, 0.1) is 27.6 Å². The molecule has 5 nitrogen and oxygen atoms in total. The van der Waals surface area contributed by atoms with Crippen molar-refractivity contribution in [2.24, 2.45) is 5.92 Å². The van der Waals surface area contributed by atoms with E-state index >= 15 is 0 Å². The number of ether oxygens (including phenoxy) is 1. The van der Waals surface area contributed by atoms with Gasteiger partial charge in [-0.05, 0) is 31.0 Å². The molecule has 1 saturated heterocycles. The molecule has 32 heavy (non-hydrogen) atoms. The maximum atomic E-state index is 13.2. The molecule has 1 unspecified atom stereocenters. The zero-order valence-corrected chi connectivity index (χ0v) is 18.1. The number of para-hydroxylation sites is 2. The molecule has 1 amide bonds. The van der Waals surface area contributed by atoms with Crippen LogP contribution >= 0.6 is 0 Å². The van der Waals surface area contributed by atoms with Crippen LogP contribution in [0.25, 0.3) is 43.6 Å². The van der Waals surface area contributed by atoms with Gasteiger partial charge in [0, 0.05) is 40.4 Å². The fraction of sp³-hybridized carbons (Fsp3) is 0.296. The lowest BCUT2D eigenvalue weighted by molar-refractivity contribution is -0.117. The predicted octanol–water partition coefficient (Wildman–Crippen LogP) is 5.78. The highest BCUT2D eigenvalue weighted by atomic mass is 16.5. The number of aromatic nitrogens is 2. The minimum absolute atomic E-state index is 0.0367. The monoisotopic (exact) mass is 421 g/mol. The lowest BCUT2D eigenvalue weighted by atomic mass is 9.91. The number of hydrogen-bond donors (Lipinski definition) is 1. The quantitative estimate of drug-likeness (QED) is 0.373. The summed E-state index contributed by atoms with van der Waals surface area (Å²) in [5.41, 5.74) is 6.26. The molecule has 3 aromatic carbocycles. The third kappa shape index (κ3) is 1.67. The maximum absolute atomic E-state index is 13.2. The van der Waals surface area contributed by atoms with E-state index in [-0.39, 0.29) is 12.1 Å². The van der Waals surface area contributed by atoms with E-state index in [1.807, 2.05) is 0 Å². The molecule has 5 aromatic rings. The van der Waals surface area contributed by atoms with Crippen molar-refractivity contribution in [2.45, 2.75) is 45.2 Å². The number of carbonyl (C=O) groups is 1. The van der Waals surface area contributed by atoms with Crippen molar-refractivity contribution in [3.05, 3.63) is 59.7 Å². The highest BCUT2D eigenvalue weighted by molar-refractivity contribution is 6.31. The topological polar surface area (TPSA) is 48.2 Å². The Morgan fingerprint density at radius 1 is 1.03 bits per heavy atom. The molecule has 5 heterocycles. The number of nitrogens with zero attached hydrogens (tertiary/aromatic N) is 2. The van der Waals surface area contributed by atoms with Crippen LogP contribution in [0.5, 0.6) is 0 Å². The van der Waals surface area contributed by atoms with Crippen molar-refractivity contribution in [2.75, 3.05) is 0 Å². The van der Waals surface area contributed by atoms with Crippen LogP contribution in [-0.2, 0) is 17.0 Å². The third-order valence-corrected chi connectivity index (χ3v) is 8.36. The van der Waals surface area contributed by atoms with Crippen LogP contribution in [0.3, 0.4) is 0 Å². The van der Waals surface area contributed by atoms with E-state index in [2.05, 4.69) is 76.8 Å². The lowest BCUT2D eigenvalue weighted by Crippen LogP contribution is -2.35. The smallest absolute Gasteiger partial charge is 0.252 e. The number of carbonyl (C=O) groups excluding carboxylic acids is 1. The molecule has 1 fully saturated rings. The van der Waals surface area contributed by atoms with Crippen molar-refractivity contribution in [3.63, 3.8) is 0 Å². The van der Waals surface area contributed by atoms with Crippen LogP contribution in [0.4, 0.5) is 0 Å². The van der Waals surface area contributed by atoms with Gasteiger partial charge in [-0.1, -0.05) is 43.3 Å². The minimum atomic E-state index is -0.432. The van der Waals surface area contributed by atoms with Crippen LogP contribution in [0.1, 0.15) is 48.8 Å². The molecule has 5 heteroatoms. The van der Waals surface area contributed by atoms with E-state index in [1.165, 1.54) is 21.8 Å². The van der Waals surface area contributed by atoms with Crippen molar-refractivity contribution in [3.8, 4) is 0 Å². The molecular weight excluding hydrogens is 398 g/mol. The van der Waals surface area contributed by atoms with E-state index < -0.39 is 5.72 Å². The normalized spacial score (nSPS) is 26.0. The second-order valence-corrected chi connectivity index (χ2v) is 9.69. The standard InChI is InChI=1S/C27H23N3O2/c1-3-14-12-20-29-18-10-6-4-8-15(18)22-23-17(13-28-26(23)31)21-16-9-5-7-11-19(16)30(25(21)24(22)29)27(14,2)32-20/h4-11,14,20H,3,12-13H2,1-2H3,(H,28,31)/t14?,20-,27+/m1/s1. The summed E-state index contributed by atoms with van der Waals surface area (Å²) < 4.78 is 11.9. The van der Waals surface area contributed by atoms with E-state index in [9.17, 15) is 4.79 Å². The summed E-state index contributed by atoms with van der Waals surface area (Å²) >= 11 is 0. The molecule has 0 saturated carbocycles. The molecule has 1 N–H and O–H groups in total. The van der Waals surface area contributed by atoms with E-state index in [0.29, 0.717) is 12.5 Å². The Bertz CT molecular complexity index is 1670. The summed E-state index contributed by atoms with van der Waals surface area (Å²) in [6.45, 7) is 5.12. The van der Waals surface area contributed by atoms with Gasteiger partial charge < -0.3 is 19.2 Å². The molecule has 2 aromatic heterocycles. The SMILES string of the molecule is CCC1C[C@H]2O[C@]1(C)n1c3ccccc3c3c4c(c5c6ccccc6n2c5c31)C(=O)NC4. The molecule has 2 bridgehead atoms. The van der Waals surface area contributed by atoms with Gasteiger partial charge in [0.25, 0.3) is 5.91 Å². The average Bonchev–Trinajstić information content (AvgIpc) is 3.51. The van der Waals surface area contributed by atoms with Crippen LogP contribution in [0.15, 0.2) is 48.5 Å². The Balaban J connectivity index is 1.78. The van der Waals surface area contributed by atoms with Crippen molar-refractivity contribution < 1.29 is 9.53 Å². The molecule has 0 spiro atoms. The van der Waals surface area contributed by atoms with Gasteiger partial charge in [0.2, 0.25) is 0 Å². The zero-order chi connectivity index (χ0) is 21.4. The Labute approximate surface area is 184 Å². The largest absolute Gasteiger partial charge is 0.348 e. The van der Waals surface area contributed by atoms with Crippen molar-refractivity contribution in [1.29, 1.82) is 0 Å². The number of amides is 1. The summed E-state index contributed by atoms with van der Waals surface area (Å²) in [5.74, 6) is 0.443. The van der Waals surface area contributed by atoms with Crippen LogP contribution < -0.4 is 5.32 Å². The van der Waals surface area contributed by atoms with Crippen molar-refractivity contribution >= 4 is 49.5 Å². The Kier molecular flexibility index (Phi) is 2.89. The number of hydrogen-bond acceptors (Lipinski definition) is 2. The molecular formula is C27H23N3O2. The number of nitrogens with one attached hydrogen (secondary N) is 1. The van der Waals surface area contributed by atoms with Crippen LogP contribution in [0.2, 0.25) is 0 Å². The van der Waals surface area contributed by atoms with Gasteiger partial charge in [0.15, 0.2) is 0 Å². The second kappa shape index (κ2) is 5.36. The number of benzene rings is 3. The molecule has 3 aliphatic rings. The fourth-order valence-electron chi connectivity index (χ4n) is 7.06. The average molecular weight is 422 g/mol. The van der Waals surface area contributed by atoms with E-state index in [4.69, 9.17) is 4.74 Å². The van der Waals surface area contributed by atoms with E-state index in [1.54, 1.807) is 0 Å². The van der Waals surface area contributed by atoms with Crippen LogP contribution in [0, 0.1) is 5.92 Å². The molecule has 0 aliphatic carbocycles. The summed E-state index contributed by atoms with van der Waals surface area (Å²) in [7, 11) is 0. The first-order chi connectivity index (χ1) is 15.6. The first-order valence-electron chi connectivity index (χ1n) is 11.6. The summed E-state index contributed by atoms with van der Waals surface area (Å²) in [5, 5.41) is 7.76. The Morgan fingerprint density at radius 3 is 2.53 bits per heavy atom. The number of rotatable bonds is 1. The molecule has 0 radical (unpaired) electrons. The van der Waals surface area contributed by atoms with Gasteiger partial charge in [-0.2, -0.15) is 0 Å². The number of fused-ring (bicyclic) bond motifs is 13. The highest BCUT2D eigenvalue weighted by Gasteiger charge is 2.51. The van der Waals surface area contributed by atoms with Gasteiger partial charge in [-0.15, -0.1) is 0 Å². The maximum Gasteiger partial charge on any atom is 0.252 e. The summed E-state index contributed by atoms with van der Waals surface area (Å²) in [6.07, 6.45) is 1.98. The molecule has 3 atom stereocenters. The zero-order valence-electron chi connectivity index (χ0n) is 18.1. The molecule has 158 valence electrons. The van der Waals surface area contributed by atoms with Gasteiger partial charge in [-0.25, -0.2) is 0 Å². The van der Waals surface area contributed by atoms with Crippen LogP contribution in [-0.4, -0.2) is 15.0 Å². The predicted molar refractivity (Wildman–Crippen MR) is 126 cm³/mol. The minimum Gasteiger partial charge on any atom is -0.348 e. The summed E-state index contributed by atoms with van der Waals surface area (Å²) in [4.78, 5) is 13.2. The highest BCUT2D eigenvalue weighted by Crippen LogP contribution is 2.56. The second-order valence-electron chi connectivity index (χ2n) is 9.69. The molecule has 3 aliphatic heterocycles. The Morgan fingerprint density at radius 2 is 1.75 bits per heavy atom. The summed E-state index contributed by atoms with van der Waals surface area (Å²) in [6, 6.07) is 17.1. The van der Waals surface area contributed by atoms with Crippen molar-refractivity contribution in [1.82, 2.24) is 14.5 Å².